The van der Waals surface area contributed by atoms with Gasteiger partial charge in [-0.2, -0.15) is 26.3 Å². The van der Waals surface area contributed by atoms with E-state index in [1.807, 2.05) is 0 Å². The van der Waals surface area contributed by atoms with Crippen molar-refractivity contribution in [3.05, 3.63) is 0 Å². The molecule has 0 aromatic rings. The lowest BCUT2D eigenvalue weighted by atomic mass is 9.84. The number of alkyl halides is 6. The summed E-state index contributed by atoms with van der Waals surface area (Å²) in [6.45, 7) is 1.25. The summed E-state index contributed by atoms with van der Waals surface area (Å²) in [6, 6.07) is 0. The van der Waals surface area contributed by atoms with Crippen LogP contribution in [0.15, 0.2) is 0 Å². The summed E-state index contributed by atoms with van der Waals surface area (Å²) in [5, 5.41) is 0. The second-order valence-corrected chi connectivity index (χ2v) is 5.34. The largest absolute Gasteiger partial charge is 0.473 e. The summed E-state index contributed by atoms with van der Waals surface area (Å²) in [4.78, 5) is 8.86. The van der Waals surface area contributed by atoms with Crippen molar-refractivity contribution in [1.29, 1.82) is 0 Å². The van der Waals surface area contributed by atoms with Gasteiger partial charge in [-0.15, -0.1) is 0 Å². The topological polar surface area (TPSA) is 55.8 Å². The predicted octanol–water partition coefficient (Wildman–Crippen LogP) is 3.02. The Labute approximate surface area is 97.5 Å². The summed E-state index contributed by atoms with van der Waals surface area (Å²) in [6.07, 6.45) is -13.2. The van der Waals surface area contributed by atoms with Gasteiger partial charge in [0.15, 0.2) is 5.92 Å². The van der Waals surface area contributed by atoms with Gasteiger partial charge in [0, 0.05) is 0 Å². The molecule has 1 saturated heterocycles. The molecule has 0 bridgehead atoms. The zero-order chi connectivity index (χ0) is 14.6. The molecular formula is C7H9F6O4P. The van der Waals surface area contributed by atoms with Gasteiger partial charge in [0.05, 0.1) is 6.10 Å². The fraction of sp³-hybridized carbons (Fsp3) is 1.00. The second kappa shape index (κ2) is 4.09. The first-order valence-corrected chi connectivity index (χ1v) is 6.05. The normalized spacial score (nSPS) is 38.4. The van der Waals surface area contributed by atoms with E-state index in [0.29, 0.717) is 6.92 Å². The van der Waals surface area contributed by atoms with Gasteiger partial charge in [-0.1, -0.05) is 0 Å². The minimum Gasteiger partial charge on any atom is -0.302 e. The number of phosphoric ester groups is 1. The second-order valence-electron chi connectivity index (χ2n) is 4.01. The summed E-state index contributed by atoms with van der Waals surface area (Å²) < 4.78 is 94.2. The molecule has 1 fully saturated rings. The molecule has 0 radical (unpaired) electrons. The van der Waals surface area contributed by atoms with Gasteiger partial charge in [0.1, 0.15) is 5.60 Å². The molecule has 0 aliphatic carbocycles. The third-order valence-corrected chi connectivity index (χ3v) is 3.85. The number of hydrogen-bond acceptors (Lipinski definition) is 3. The zero-order valence-corrected chi connectivity index (χ0v) is 9.94. The van der Waals surface area contributed by atoms with E-state index in [4.69, 9.17) is 4.89 Å². The molecule has 1 N–H and O–H groups in total. The molecule has 11 heteroatoms. The highest BCUT2D eigenvalue weighted by Crippen LogP contribution is 2.63. The van der Waals surface area contributed by atoms with Gasteiger partial charge in [-0.05, 0) is 13.8 Å². The Morgan fingerprint density at radius 3 is 1.83 bits per heavy atom. The summed E-state index contributed by atoms with van der Waals surface area (Å²) in [5.41, 5.74) is -3.01. The number of phosphoric acid groups is 1. The SMILES string of the molecule is CC1OP(=O)(O)OC1(C)C(C(F)(F)F)C(F)(F)F. The van der Waals surface area contributed by atoms with Gasteiger partial charge < -0.3 is 4.89 Å². The summed E-state index contributed by atoms with van der Waals surface area (Å²) in [5.74, 6) is -3.92. The molecule has 108 valence electrons. The Morgan fingerprint density at radius 1 is 1.22 bits per heavy atom. The van der Waals surface area contributed by atoms with Crippen LogP contribution in [0.1, 0.15) is 13.8 Å². The molecule has 0 saturated carbocycles. The van der Waals surface area contributed by atoms with Crippen LogP contribution in [0.2, 0.25) is 0 Å². The number of halogens is 6. The third-order valence-electron chi connectivity index (χ3n) is 2.64. The van der Waals surface area contributed by atoms with Crippen molar-refractivity contribution in [2.24, 2.45) is 5.92 Å². The molecule has 18 heavy (non-hydrogen) atoms. The van der Waals surface area contributed by atoms with Crippen LogP contribution in [0.5, 0.6) is 0 Å². The average molecular weight is 302 g/mol. The van der Waals surface area contributed by atoms with Gasteiger partial charge in [-0.3, -0.25) is 9.05 Å². The van der Waals surface area contributed by atoms with E-state index in [9.17, 15) is 30.9 Å². The van der Waals surface area contributed by atoms with Crippen molar-refractivity contribution in [3.63, 3.8) is 0 Å². The van der Waals surface area contributed by atoms with E-state index in [1.165, 1.54) is 0 Å². The Morgan fingerprint density at radius 2 is 1.61 bits per heavy atom. The van der Waals surface area contributed by atoms with Crippen molar-refractivity contribution in [2.75, 3.05) is 0 Å². The van der Waals surface area contributed by atoms with E-state index >= 15 is 0 Å². The molecule has 3 atom stereocenters. The number of rotatable bonds is 1. The van der Waals surface area contributed by atoms with Crippen molar-refractivity contribution in [3.8, 4) is 0 Å². The molecule has 3 unspecified atom stereocenters. The Hall–Kier alpha value is -0.310. The Balaban J connectivity index is 3.27. The first-order valence-electron chi connectivity index (χ1n) is 4.55. The first-order chi connectivity index (χ1) is 7.70. The molecule has 0 amide bonds. The Kier molecular flexibility index (Phi) is 3.58. The van der Waals surface area contributed by atoms with Crippen LogP contribution in [0, 0.1) is 5.92 Å². The van der Waals surface area contributed by atoms with E-state index < -0.39 is 37.8 Å². The molecule has 0 spiro atoms. The molecule has 1 aliphatic heterocycles. The van der Waals surface area contributed by atoms with Gasteiger partial charge in [-0.25, -0.2) is 4.57 Å². The van der Waals surface area contributed by atoms with Crippen LogP contribution in [-0.4, -0.2) is 29.0 Å². The van der Waals surface area contributed by atoms with Crippen LogP contribution in [0.4, 0.5) is 26.3 Å². The lowest BCUT2D eigenvalue weighted by molar-refractivity contribution is -0.323. The fourth-order valence-corrected chi connectivity index (χ4v) is 3.17. The average Bonchev–Trinajstić information content (AvgIpc) is 2.11. The van der Waals surface area contributed by atoms with Crippen LogP contribution < -0.4 is 0 Å². The maximum absolute atomic E-state index is 12.5. The molecule has 0 aromatic heterocycles. The van der Waals surface area contributed by atoms with Gasteiger partial charge >= 0.3 is 20.2 Å². The fourth-order valence-electron chi connectivity index (χ4n) is 1.77. The van der Waals surface area contributed by atoms with Gasteiger partial charge in [0.2, 0.25) is 0 Å². The molecular weight excluding hydrogens is 293 g/mol. The smallest absolute Gasteiger partial charge is 0.302 e. The maximum atomic E-state index is 12.5. The van der Waals surface area contributed by atoms with Crippen LogP contribution in [-0.2, 0) is 13.6 Å². The van der Waals surface area contributed by atoms with E-state index in [1.54, 1.807) is 0 Å². The lowest BCUT2D eigenvalue weighted by Crippen LogP contribution is -2.56. The van der Waals surface area contributed by atoms with E-state index in [0.717, 1.165) is 6.92 Å². The third kappa shape index (κ3) is 2.81. The van der Waals surface area contributed by atoms with Crippen molar-refractivity contribution < 1.29 is 44.8 Å². The standard InChI is InChI=1S/C7H9F6O4P/c1-3-5(2,17-18(14,15)16-3)4(6(8,9)10)7(11,12)13/h3-4H,1-2H3,(H,14,15). The van der Waals surface area contributed by atoms with Gasteiger partial charge in [0.25, 0.3) is 0 Å². The quantitative estimate of drug-likeness (QED) is 0.597. The van der Waals surface area contributed by atoms with Crippen molar-refractivity contribution in [1.82, 2.24) is 0 Å². The molecule has 1 aliphatic rings. The Bertz CT molecular complexity index is 365. The highest BCUT2D eigenvalue weighted by Gasteiger charge is 2.71. The maximum Gasteiger partial charge on any atom is 0.473 e. The molecule has 4 nitrogen and oxygen atoms in total. The van der Waals surface area contributed by atoms with Crippen molar-refractivity contribution >= 4 is 7.82 Å². The van der Waals surface area contributed by atoms with Crippen molar-refractivity contribution in [2.45, 2.75) is 37.9 Å². The summed E-state index contributed by atoms with van der Waals surface area (Å²) in [7, 11) is -4.91. The highest BCUT2D eigenvalue weighted by atomic mass is 31.2. The predicted molar refractivity (Wildman–Crippen MR) is 45.5 cm³/mol. The van der Waals surface area contributed by atoms with Crippen LogP contribution in [0.3, 0.4) is 0 Å². The number of hydrogen-bond donors (Lipinski definition) is 1. The highest BCUT2D eigenvalue weighted by molar-refractivity contribution is 7.47. The lowest BCUT2D eigenvalue weighted by Gasteiger charge is -2.36. The van der Waals surface area contributed by atoms with Crippen LogP contribution >= 0.6 is 7.82 Å². The van der Waals surface area contributed by atoms with E-state index in [-0.39, 0.29) is 0 Å². The van der Waals surface area contributed by atoms with E-state index in [2.05, 4.69) is 9.05 Å². The minimum atomic E-state index is -5.69. The molecule has 1 heterocycles. The molecule has 1 rings (SSSR count). The minimum absolute atomic E-state index is 0.444. The van der Waals surface area contributed by atoms with Crippen LogP contribution in [0.25, 0.3) is 0 Å². The molecule has 0 aromatic carbocycles. The first kappa shape index (κ1) is 15.7. The zero-order valence-electron chi connectivity index (χ0n) is 9.04. The summed E-state index contributed by atoms with van der Waals surface area (Å²) >= 11 is 0. The monoisotopic (exact) mass is 302 g/mol.